The summed E-state index contributed by atoms with van der Waals surface area (Å²) in [6, 6.07) is 21.1. The monoisotopic (exact) mass is 660 g/mol. The van der Waals surface area contributed by atoms with Crippen molar-refractivity contribution in [2.75, 3.05) is 6.61 Å². The van der Waals surface area contributed by atoms with E-state index in [0.29, 0.717) is 29.4 Å². The summed E-state index contributed by atoms with van der Waals surface area (Å²) in [6.07, 6.45) is -0.385. The molecule has 250 valence electrons. The number of rotatable bonds is 11. The average Bonchev–Trinajstić information content (AvgIpc) is 3.43. The van der Waals surface area contributed by atoms with Crippen molar-refractivity contribution in [2.45, 2.75) is 85.3 Å². The molecule has 0 aliphatic heterocycles. The van der Waals surface area contributed by atoms with E-state index in [-0.39, 0.29) is 25.5 Å². The lowest BCUT2D eigenvalue weighted by Gasteiger charge is -2.19. The first-order valence-corrected chi connectivity index (χ1v) is 16.7. The van der Waals surface area contributed by atoms with Crippen molar-refractivity contribution in [2.24, 2.45) is 4.40 Å². The van der Waals surface area contributed by atoms with Gasteiger partial charge in [-0.05, 0) is 102 Å². The Morgan fingerprint density at radius 1 is 0.957 bits per heavy atom. The molecule has 0 spiro atoms. The average molecular weight is 661 g/mol. The van der Waals surface area contributed by atoms with Gasteiger partial charge in [0, 0.05) is 23.1 Å². The summed E-state index contributed by atoms with van der Waals surface area (Å²) in [5, 5.41) is 3.64. The van der Waals surface area contributed by atoms with Gasteiger partial charge < -0.3 is 28.5 Å². The molecule has 4 aromatic rings. The molecule has 1 heterocycles. The predicted octanol–water partition coefficient (Wildman–Crippen LogP) is 8.08. The number of fused-ring (bicyclic) bond motifs is 1. The molecule has 0 aliphatic carbocycles. The van der Waals surface area contributed by atoms with Crippen molar-refractivity contribution in [1.82, 2.24) is 5.32 Å². The van der Waals surface area contributed by atoms with Gasteiger partial charge in [-0.1, -0.05) is 40.8 Å². The van der Waals surface area contributed by atoms with E-state index in [4.69, 9.17) is 18.6 Å². The molecule has 10 heteroatoms. The minimum Gasteiger partial charge on any atom is -0.591 e. The van der Waals surface area contributed by atoms with Gasteiger partial charge in [-0.3, -0.25) is 4.79 Å². The largest absolute Gasteiger partial charge is 0.591 e. The van der Waals surface area contributed by atoms with Crippen LogP contribution in [0.3, 0.4) is 0 Å². The van der Waals surface area contributed by atoms with E-state index >= 15 is 0 Å². The van der Waals surface area contributed by atoms with E-state index in [1.165, 1.54) is 0 Å². The number of ether oxygens (including phenoxy) is 3. The molecule has 3 aromatic carbocycles. The molecule has 0 saturated heterocycles. The maximum atomic E-state index is 12.8. The number of benzene rings is 3. The molecule has 9 nitrogen and oxygen atoms in total. The maximum Gasteiger partial charge on any atom is 0.407 e. The first-order valence-electron chi connectivity index (χ1n) is 15.6. The fourth-order valence-corrected chi connectivity index (χ4v) is 5.27. The van der Waals surface area contributed by atoms with Crippen LogP contribution in [0.4, 0.5) is 4.79 Å². The molecule has 0 saturated carbocycles. The molecule has 47 heavy (non-hydrogen) atoms. The number of carbonyl (C=O) groups is 2. The van der Waals surface area contributed by atoms with Crippen LogP contribution in [0.5, 0.6) is 5.75 Å². The predicted molar refractivity (Wildman–Crippen MR) is 186 cm³/mol. The van der Waals surface area contributed by atoms with Crippen molar-refractivity contribution < 1.29 is 32.8 Å². The first-order chi connectivity index (χ1) is 22.1. The maximum absolute atomic E-state index is 12.8. The smallest absolute Gasteiger partial charge is 0.407 e. The fourth-order valence-electron chi connectivity index (χ4n) is 4.65. The summed E-state index contributed by atoms with van der Waals surface area (Å²) in [4.78, 5) is 24.5. The number of para-hydroxylation sites is 1. The zero-order valence-corrected chi connectivity index (χ0v) is 29.2. The van der Waals surface area contributed by atoms with Crippen LogP contribution < -0.4 is 10.1 Å². The van der Waals surface area contributed by atoms with E-state index in [1.54, 1.807) is 13.8 Å². The van der Waals surface area contributed by atoms with Crippen molar-refractivity contribution in [3.8, 4) is 16.9 Å². The second-order valence-corrected chi connectivity index (χ2v) is 15.1. The quantitative estimate of drug-likeness (QED) is 0.0980. The number of amides is 1. The lowest BCUT2D eigenvalue weighted by Crippen LogP contribution is -2.32. The summed E-state index contributed by atoms with van der Waals surface area (Å²) < 4.78 is 39.8. The number of hydrogen-bond acceptors (Lipinski definition) is 8. The molecule has 0 radical (unpaired) electrons. The minimum atomic E-state index is -1.45. The molecule has 1 aromatic heterocycles. The van der Waals surface area contributed by atoms with Crippen molar-refractivity contribution >= 4 is 40.1 Å². The van der Waals surface area contributed by atoms with Gasteiger partial charge in [0.15, 0.2) is 5.76 Å². The van der Waals surface area contributed by atoms with Crippen LogP contribution in [-0.4, -0.2) is 39.3 Å². The number of nitrogens with one attached hydrogen (secondary N) is 1. The van der Waals surface area contributed by atoms with Crippen LogP contribution in [0, 0.1) is 0 Å². The topological polar surface area (TPSA) is 122 Å². The molecular formula is C37H44N2O7S. The SMILES string of the molecule is CCOC(=O)Cc1ccccc1OCc1cc(-c2cccc(CNC(=O)OC(C)(C)C)c2)c2oc(/C(C)=N\[S+]([O-])C(C)(C)C)cc2c1. The van der Waals surface area contributed by atoms with Gasteiger partial charge in [-0.15, -0.1) is 0 Å². The molecule has 1 amide bonds. The summed E-state index contributed by atoms with van der Waals surface area (Å²) in [7, 11) is 0. The third-order valence-corrected chi connectivity index (χ3v) is 8.34. The lowest BCUT2D eigenvalue weighted by atomic mass is 9.99. The highest BCUT2D eigenvalue weighted by molar-refractivity contribution is 7.91. The van der Waals surface area contributed by atoms with Crippen LogP contribution in [0.2, 0.25) is 0 Å². The van der Waals surface area contributed by atoms with Gasteiger partial charge in [-0.25, -0.2) is 4.79 Å². The van der Waals surface area contributed by atoms with Crippen LogP contribution >= 0.6 is 0 Å². The molecule has 0 fully saturated rings. The second-order valence-electron chi connectivity index (χ2n) is 13.1. The summed E-state index contributed by atoms with van der Waals surface area (Å²) in [5.41, 5.74) is 4.74. The number of furan rings is 1. The number of nitrogens with zero attached hydrogens (tertiary/aromatic N) is 1. The second kappa shape index (κ2) is 15.1. The Hall–Kier alpha value is -4.28. The summed E-state index contributed by atoms with van der Waals surface area (Å²) in [5.74, 6) is 0.793. The Balaban J connectivity index is 1.70. The molecule has 1 atom stereocenters. The molecule has 0 aliphatic rings. The fraction of sp³-hybridized carbons (Fsp3) is 0.378. The van der Waals surface area contributed by atoms with Crippen LogP contribution in [0.25, 0.3) is 22.1 Å². The van der Waals surface area contributed by atoms with Gasteiger partial charge in [-0.2, -0.15) is 0 Å². The van der Waals surface area contributed by atoms with E-state index in [0.717, 1.165) is 33.2 Å². The normalized spacial score (nSPS) is 12.9. The van der Waals surface area contributed by atoms with Crippen LogP contribution in [-0.2, 0) is 45.2 Å². The Morgan fingerprint density at radius 3 is 2.40 bits per heavy atom. The number of alkyl carbamates (subject to hydrolysis) is 1. The molecule has 1 N–H and O–H groups in total. The highest BCUT2D eigenvalue weighted by Crippen LogP contribution is 2.34. The van der Waals surface area contributed by atoms with E-state index < -0.39 is 27.8 Å². The third kappa shape index (κ3) is 10.1. The highest BCUT2D eigenvalue weighted by Gasteiger charge is 2.27. The Morgan fingerprint density at radius 2 is 1.70 bits per heavy atom. The van der Waals surface area contributed by atoms with Crippen molar-refractivity contribution in [1.29, 1.82) is 0 Å². The summed E-state index contributed by atoms with van der Waals surface area (Å²) >= 11 is -1.45. The van der Waals surface area contributed by atoms with Crippen molar-refractivity contribution in [3.05, 3.63) is 89.2 Å². The highest BCUT2D eigenvalue weighted by atomic mass is 32.2. The van der Waals surface area contributed by atoms with Crippen LogP contribution in [0.1, 0.15) is 77.8 Å². The molecule has 0 bridgehead atoms. The Bertz CT molecular complexity index is 1750. The van der Waals surface area contributed by atoms with Gasteiger partial charge in [0.2, 0.25) is 0 Å². The van der Waals surface area contributed by atoms with Gasteiger partial charge in [0.25, 0.3) is 0 Å². The van der Waals surface area contributed by atoms with Gasteiger partial charge in [0.05, 0.1) is 13.0 Å². The van der Waals surface area contributed by atoms with Crippen molar-refractivity contribution in [3.63, 3.8) is 0 Å². The van der Waals surface area contributed by atoms with E-state index in [2.05, 4.69) is 9.71 Å². The molecule has 4 rings (SSSR count). The standard InChI is InChI=1S/C37H44N2O7S/c1-9-43-33(40)21-28-14-10-11-16-31(28)44-23-26-18-29-20-32(24(2)39-47(42)37(6,7)8)45-34(29)30(19-26)27-15-12-13-25(17-27)22-38-35(41)46-36(3,4)5/h10-20H,9,21-23H2,1-8H3,(H,38,41)/b39-24-. The van der Waals surface area contributed by atoms with E-state index in [9.17, 15) is 14.1 Å². The van der Waals surface area contributed by atoms with Crippen LogP contribution in [0.15, 0.2) is 75.5 Å². The lowest BCUT2D eigenvalue weighted by molar-refractivity contribution is -0.142. The third-order valence-electron chi connectivity index (χ3n) is 6.86. The number of esters is 1. The Kier molecular flexibility index (Phi) is 11.4. The summed E-state index contributed by atoms with van der Waals surface area (Å²) in [6.45, 7) is 15.5. The van der Waals surface area contributed by atoms with Gasteiger partial charge in [0.1, 0.15) is 45.4 Å². The van der Waals surface area contributed by atoms with Gasteiger partial charge >= 0.3 is 12.1 Å². The minimum absolute atomic E-state index is 0.109. The zero-order valence-electron chi connectivity index (χ0n) is 28.4. The number of carbonyl (C=O) groups excluding carboxylic acids is 2. The molecular weight excluding hydrogens is 616 g/mol. The van der Waals surface area contributed by atoms with E-state index in [1.807, 2.05) is 108 Å². The number of hydrogen-bond donors (Lipinski definition) is 1. The zero-order chi connectivity index (χ0) is 34.4. The molecule has 1 unspecified atom stereocenters. The Labute approximate surface area is 280 Å². The first kappa shape index (κ1) is 35.6.